The van der Waals surface area contributed by atoms with Gasteiger partial charge in [0.05, 0.1) is 32.6 Å². The molecule has 0 spiro atoms. The van der Waals surface area contributed by atoms with E-state index in [0.29, 0.717) is 0 Å². The fraction of sp³-hybridized carbons (Fsp3) is 0.0800. The molecule has 1 aromatic heterocycles. The number of hydrogen-bond donors (Lipinski definition) is 0. The Labute approximate surface area is 211 Å². The SMILES string of the molecule is C#CCOc1c(Cl)cc(C=Nn2c(-c3cccc(C(F)(F)F)c3)nc3ccccc3c2=O)cc1[N+](=O)[O-]. The van der Waals surface area contributed by atoms with Crippen LogP contribution >= 0.6 is 11.6 Å². The summed E-state index contributed by atoms with van der Waals surface area (Å²) in [7, 11) is 0. The Morgan fingerprint density at radius 1 is 1.19 bits per heavy atom. The number of rotatable bonds is 6. The molecule has 12 heteroatoms. The molecule has 4 aromatic rings. The maximum absolute atomic E-state index is 13.3. The number of nitro groups is 1. The topological polar surface area (TPSA) is 99.6 Å². The first-order chi connectivity index (χ1) is 17.6. The molecule has 0 saturated carbocycles. The molecule has 0 bridgehead atoms. The molecule has 0 N–H and O–H groups in total. The molecule has 8 nitrogen and oxygen atoms in total. The van der Waals surface area contributed by atoms with E-state index in [9.17, 15) is 28.1 Å². The summed E-state index contributed by atoms with van der Waals surface area (Å²) in [5.74, 6) is 1.78. The first-order valence-corrected chi connectivity index (χ1v) is 10.8. The average molecular weight is 527 g/mol. The molecule has 0 saturated heterocycles. The number of nitro benzene ring substituents is 1. The summed E-state index contributed by atoms with van der Waals surface area (Å²) in [4.78, 5) is 28.4. The van der Waals surface area contributed by atoms with Crippen LogP contribution in [0.3, 0.4) is 0 Å². The number of para-hydroxylation sites is 1. The maximum Gasteiger partial charge on any atom is 0.416 e. The molecule has 3 aromatic carbocycles. The number of benzene rings is 3. The number of hydrogen-bond acceptors (Lipinski definition) is 6. The Morgan fingerprint density at radius 3 is 2.65 bits per heavy atom. The van der Waals surface area contributed by atoms with Crippen molar-refractivity contribution in [3.63, 3.8) is 0 Å². The molecule has 4 rings (SSSR count). The Balaban J connectivity index is 1.90. The van der Waals surface area contributed by atoms with Gasteiger partial charge in [-0.3, -0.25) is 14.9 Å². The van der Waals surface area contributed by atoms with Gasteiger partial charge in [0.25, 0.3) is 5.56 Å². The molecule has 0 unspecified atom stereocenters. The van der Waals surface area contributed by atoms with E-state index in [0.717, 1.165) is 29.1 Å². The van der Waals surface area contributed by atoms with Gasteiger partial charge in [-0.05, 0) is 30.3 Å². The van der Waals surface area contributed by atoms with Gasteiger partial charge in [0, 0.05) is 17.2 Å². The van der Waals surface area contributed by atoms with Crippen LogP contribution in [0.5, 0.6) is 5.75 Å². The van der Waals surface area contributed by atoms with Crippen molar-refractivity contribution in [2.24, 2.45) is 5.10 Å². The van der Waals surface area contributed by atoms with Gasteiger partial charge in [-0.25, -0.2) is 4.98 Å². The molecule has 0 amide bonds. The van der Waals surface area contributed by atoms with Crippen LogP contribution in [0.2, 0.25) is 5.02 Å². The normalized spacial score (nSPS) is 11.5. The van der Waals surface area contributed by atoms with Crippen LogP contribution in [-0.4, -0.2) is 27.4 Å². The highest BCUT2D eigenvalue weighted by atomic mass is 35.5. The van der Waals surface area contributed by atoms with Crippen molar-refractivity contribution >= 4 is 34.4 Å². The van der Waals surface area contributed by atoms with E-state index >= 15 is 0 Å². The molecule has 0 aliphatic rings. The third kappa shape index (κ3) is 5.29. The van der Waals surface area contributed by atoms with Crippen molar-refractivity contribution in [3.05, 3.63) is 97.3 Å². The summed E-state index contributed by atoms with van der Waals surface area (Å²) in [6.07, 6.45) is 1.60. The Morgan fingerprint density at radius 2 is 1.95 bits per heavy atom. The van der Waals surface area contributed by atoms with E-state index in [1.54, 1.807) is 18.2 Å². The van der Waals surface area contributed by atoms with Gasteiger partial charge in [0.2, 0.25) is 5.75 Å². The van der Waals surface area contributed by atoms with Gasteiger partial charge in [-0.2, -0.15) is 22.9 Å². The minimum absolute atomic E-state index is 0.0168. The second kappa shape index (κ2) is 10.1. The van der Waals surface area contributed by atoms with Crippen LogP contribution in [0.25, 0.3) is 22.3 Å². The van der Waals surface area contributed by atoms with Crippen LogP contribution < -0.4 is 10.3 Å². The third-order valence-corrected chi connectivity index (χ3v) is 5.35. The second-order valence-corrected chi connectivity index (χ2v) is 7.90. The predicted octanol–water partition coefficient (Wildman–Crippen LogP) is 5.54. The van der Waals surface area contributed by atoms with Crippen LogP contribution in [0, 0.1) is 22.5 Å². The standard InChI is InChI=1S/C25H14ClF3N4O4/c1-2-10-37-22-19(26)11-15(12-21(22)33(35)36)14-30-32-23(16-6-5-7-17(13-16)25(27,28)29)31-20-9-4-3-8-18(20)24(32)34/h1,3-9,11-14H,10H2. The summed E-state index contributed by atoms with van der Waals surface area (Å²) in [5.41, 5.74) is -1.75. The van der Waals surface area contributed by atoms with E-state index in [-0.39, 0.29) is 45.2 Å². The van der Waals surface area contributed by atoms with Crippen molar-refractivity contribution in [3.8, 4) is 29.5 Å². The van der Waals surface area contributed by atoms with Crippen LogP contribution in [0.4, 0.5) is 18.9 Å². The summed E-state index contributed by atoms with van der Waals surface area (Å²) in [6, 6.07) is 12.9. The zero-order valence-electron chi connectivity index (χ0n) is 18.6. The number of halogens is 4. The smallest absolute Gasteiger partial charge is 0.416 e. The van der Waals surface area contributed by atoms with Gasteiger partial charge < -0.3 is 4.74 Å². The maximum atomic E-state index is 13.3. The summed E-state index contributed by atoms with van der Waals surface area (Å²) in [5, 5.41) is 15.7. The lowest BCUT2D eigenvalue weighted by atomic mass is 10.1. The van der Waals surface area contributed by atoms with Crippen LogP contribution in [0.1, 0.15) is 11.1 Å². The van der Waals surface area contributed by atoms with Crippen molar-refractivity contribution in [1.29, 1.82) is 0 Å². The van der Waals surface area contributed by atoms with E-state index in [4.69, 9.17) is 22.8 Å². The number of alkyl halides is 3. The zero-order valence-corrected chi connectivity index (χ0v) is 19.3. The Hall–Kier alpha value is -4.69. The van der Waals surface area contributed by atoms with Crippen molar-refractivity contribution in [2.75, 3.05) is 6.61 Å². The van der Waals surface area contributed by atoms with Crippen molar-refractivity contribution in [2.45, 2.75) is 6.18 Å². The number of ether oxygens (including phenoxy) is 1. The highest BCUT2D eigenvalue weighted by Crippen LogP contribution is 2.36. The van der Waals surface area contributed by atoms with Crippen LogP contribution in [-0.2, 0) is 6.18 Å². The minimum Gasteiger partial charge on any atom is -0.473 e. The van der Waals surface area contributed by atoms with Crippen molar-refractivity contribution < 1.29 is 22.8 Å². The van der Waals surface area contributed by atoms with Gasteiger partial charge in [0.1, 0.15) is 6.61 Å². The number of nitrogens with zero attached hydrogens (tertiary/aromatic N) is 4. The molecule has 37 heavy (non-hydrogen) atoms. The molecule has 1 heterocycles. The molecule has 0 fully saturated rings. The molecule has 0 aliphatic heterocycles. The quantitative estimate of drug-likeness (QED) is 0.142. The molecular weight excluding hydrogens is 513 g/mol. The van der Waals surface area contributed by atoms with E-state index < -0.39 is 27.9 Å². The second-order valence-electron chi connectivity index (χ2n) is 7.49. The Kier molecular flexibility index (Phi) is 6.95. The molecule has 0 aliphatic carbocycles. The minimum atomic E-state index is -4.62. The fourth-order valence-corrected chi connectivity index (χ4v) is 3.72. The largest absolute Gasteiger partial charge is 0.473 e. The summed E-state index contributed by atoms with van der Waals surface area (Å²) >= 11 is 6.15. The fourth-order valence-electron chi connectivity index (χ4n) is 3.44. The summed E-state index contributed by atoms with van der Waals surface area (Å²) in [6.45, 7) is -0.257. The van der Waals surface area contributed by atoms with Gasteiger partial charge >= 0.3 is 11.9 Å². The van der Waals surface area contributed by atoms with E-state index in [1.165, 1.54) is 24.3 Å². The average Bonchev–Trinajstić information content (AvgIpc) is 2.86. The first kappa shape index (κ1) is 25.4. The summed E-state index contributed by atoms with van der Waals surface area (Å²) < 4.78 is 46.0. The number of fused-ring (bicyclic) bond motifs is 1. The third-order valence-electron chi connectivity index (χ3n) is 5.07. The monoisotopic (exact) mass is 526 g/mol. The van der Waals surface area contributed by atoms with Crippen LogP contribution in [0.15, 0.2) is 70.6 Å². The van der Waals surface area contributed by atoms with Gasteiger partial charge in [-0.15, -0.1) is 6.42 Å². The number of terminal acetylenes is 1. The molecule has 0 radical (unpaired) electrons. The van der Waals surface area contributed by atoms with E-state index in [2.05, 4.69) is 16.0 Å². The van der Waals surface area contributed by atoms with E-state index in [1.807, 2.05) is 0 Å². The molecule has 0 atom stereocenters. The Bertz CT molecular complexity index is 1660. The van der Waals surface area contributed by atoms with Crippen molar-refractivity contribution in [1.82, 2.24) is 9.66 Å². The predicted molar refractivity (Wildman–Crippen MR) is 132 cm³/mol. The molecule has 186 valence electrons. The number of aromatic nitrogens is 2. The molecular formula is C25H14ClF3N4O4. The lowest BCUT2D eigenvalue weighted by Crippen LogP contribution is -2.20. The lowest BCUT2D eigenvalue weighted by Gasteiger charge is -2.12. The zero-order chi connectivity index (χ0) is 26.7. The van der Waals surface area contributed by atoms with Gasteiger partial charge in [-0.1, -0.05) is 41.8 Å². The lowest BCUT2D eigenvalue weighted by molar-refractivity contribution is -0.385. The highest BCUT2D eigenvalue weighted by molar-refractivity contribution is 6.32. The highest BCUT2D eigenvalue weighted by Gasteiger charge is 2.31. The first-order valence-electron chi connectivity index (χ1n) is 10.4. The van der Waals surface area contributed by atoms with Gasteiger partial charge in [0.15, 0.2) is 5.82 Å².